The van der Waals surface area contributed by atoms with Crippen LogP contribution in [0.25, 0.3) is 11.6 Å². The smallest absolute Gasteiger partial charge is 0.256 e. The molecule has 1 aromatic heterocycles. The summed E-state index contributed by atoms with van der Waals surface area (Å²) in [6.07, 6.45) is 5.77. The number of anilines is 1. The molecule has 0 saturated carbocycles. The number of carbonyl (C=O) groups is 3. The van der Waals surface area contributed by atoms with Crippen LogP contribution in [0.2, 0.25) is 0 Å². The lowest BCUT2D eigenvalue weighted by molar-refractivity contribution is -0.110. The molecule has 3 aromatic rings. The van der Waals surface area contributed by atoms with Gasteiger partial charge in [-0.2, -0.15) is 0 Å². The topological polar surface area (TPSA) is 94.3 Å². The van der Waals surface area contributed by atoms with Crippen LogP contribution in [-0.2, 0) is 4.79 Å². The van der Waals surface area contributed by atoms with E-state index >= 15 is 0 Å². The zero-order chi connectivity index (χ0) is 26.8. The van der Waals surface area contributed by atoms with Gasteiger partial charge in [-0.25, -0.2) is 0 Å². The molecule has 0 spiro atoms. The minimum Gasteiger partial charge on any atom is -0.358 e. The average molecular weight is 511 g/mol. The van der Waals surface area contributed by atoms with Gasteiger partial charge >= 0.3 is 0 Å². The number of hydrogen-bond donors (Lipinski definition) is 3. The lowest BCUT2D eigenvalue weighted by atomic mass is 10.00. The fourth-order valence-corrected chi connectivity index (χ4v) is 5.46. The highest BCUT2D eigenvalue weighted by atomic mass is 16.2. The molecule has 1 fully saturated rings. The molecule has 38 heavy (non-hydrogen) atoms. The van der Waals surface area contributed by atoms with Crippen LogP contribution in [0.3, 0.4) is 0 Å². The zero-order valence-corrected chi connectivity index (χ0v) is 22.2. The van der Waals surface area contributed by atoms with E-state index in [4.69, 9.17) is 0 Å². The molecule has 3 amide bonds. The largest absolute Gasteiger partial charge is 0.358 e. The predicted molar refractivity (Wildman–Crippen MR) is 150 cm³/mol. The van der Waals surface area contributed by atoms with Crippen molar-refractivity contribution < 1.29 is 14.4 Å². The molecule has 2 aliphatic heterocycles. The van der Waals surface area contributed by atoms with E-state index in [0.717, 1.165) is 61.3 Å². The van der Waals surface area contributed by atoms with E-state index in [1.54, 1.807) is 24.3 Å². The van der Waals surface area contributed by atoms with Gasteiger partial charge in [0, 0.05) is 41.3 Å². The summed E-state index contributed by atoms with van der Waals surface area (Å²) in [6, 6.07) is 15.0. The summed E-state index contributed by atoms with van der Waals surface area (Å²) >= 11 is 0. The number of benzene rings is 2. The van der Waals surface area contributed by atoms with E-state index in [-0.39, 0.29) is 23.8 Å². The first-order valence-electron chi connectivity index (χ1n) is 13.4. The Morgan fingerprint density at radius 1 is 1.05 bits per heavy atom. The molecule has 3 N–H and O–H groups in total. The van der Waals surface area contributed by atoms with Crippen LogP contribution in [0, 0.1) is 13.8 Å². The van der Waals surface area contributed by atoms with Crippen molar-refractivity contribution in [1.29, 1.82) is 0 Å². The third kappa shape index (κ3) is 4.88. The van der Waals surface area contributed by atoms with Crippen molar-refractivity contribution in [3.05, 3.63) is 87.7 Å². The first-order chi connectivity index (χ1) is 18.4. The molecule has 3 heterocycles. The minimum atomic E-state index is -0.233. The van der Waals surface area contributed by atoms with Gasteiger partial charge in [0.05, 0.1) is 17.2 Å². The van der Waals surface area contributed by atoms with Crippen LogP contribution in [0.1, 0.15) is 87.4 Å². The van der Waals surface area contributed by atoms with Crippen LogP contribution in [0.15, 0.2) is 48.5 Å². The van der Waals surface area contributed by atoms with Gasteiger partial charge in [-0.3, -0.25) is 14.4 Å². The summed E-state index contributed by atoms with van der Waals surface area (Å²) in [5.41, 5.74) is 6.37. The van der Waals surface area contributed by atoms with Gasteiger partial charge < -0.3 is 20.5 Å². The number of rotatable bonds is 6. The average Bonchev–Trinajstić information content (AvgIpc) is 3.41. The third-order valence-corrected chi connectivity index (χ3v) is 7.60. The number of aryl methyl sites for hydroxylation is 1. The predicted octanol–water partition coefficient (Wildman–Crippen LogP) is 5.63. The van der Waals surface area contributed by atoms with E-state index in [9.17, 15) is 14.4 Å². The number of aromatic nitrogens is 1. The third-order valence-electron chi connectivity index (χ3n) is 7.60. The van der Waals surface area contributed by atoms with Crippen LogP contribution < -0.4 is 10.6 Å². The number of fused-ring (bicyclic) bond motifs is 1. The Balaban J connectivity index is 1.43. The SMILES string of the molecule is CC[C@@H](NC(=O)c1ccc2c(c1)/C(=C/c1[nH]c(C)c(C(=O)N3CCCCC3)c1C)C(=O)N2)c1ccccc1. The van der Waals surface area contributed by atoms with Gasteiger partial charge in [-0.1, -0.05) is 37.3 Å². The van der Waals surface area contributed by atoms with Crippen molar-refractivity contribution in [2.24, 2.45) is 0 Å². The Morgan fingerprint density at radius 3 is 2.50 bits per heavy atom. The highest BCUT2D eigenvalue weighted by molar-refractivity contribution is 6.35. The molecule has 2 aromatic carbocycles. The number of likely N-dealkylation sites (tertiary alicyclic amines) is 1. The fraction of sp³-hybridized carbons (Fsp3) is 0.323. The Bertz CT molecular complexity index is 1410. The second-order valence-electron chi connectivity index (χ2n) is 10.1. The van der Waals surface area contributed by atoms with Gasteiger partial charge in [-0.05, 0) is 74.9 Å². The summed E-state index contributed by atoms with van der Waals surface area (Å²) in [7, 11) is 0. The molecule has 2 aliphatic rings. The standard InChI is InChI=1S/C31H34N4O3/c1-4-25(21-11-7-5-8-12-21)33-29(36)22-13-14-26-23(17-22)24(30(37)34-26)18-27-19(2)28(20(3)32-27)31(38)35-15-9-6-10-16-35/h5,7-8,11-14,17-18,25,32H,4,6,9-10,15-16H2,1-3H3,(H,33,36)(H,34,37)/b24-18-/t25-/m1/s1. The number of piperidine rings is 1. The number of carbonyl (C=O) groups excluding carboxylic acids is 3. The van der Waals surface area contributed by atoms with E-state index in [1.165, 1.54) is 0 Å². The second-order valence-corrected chi connectivity index (χ2v) is 10.1. The number of hydrogen-bond acceptors (Lipinski definition) is 3. The molecule has 5 rings (SSSR count). The lowest BCUT2D eigenvalue weighted by Gasteiger charge is -2.27. The monoisotopic (exact) mass is 510 g/mol. The van der Waals surface area contributed by atoms with Crippen LogP contribution in [0.4, 0.5) is 5.69 Å². The van der Waals surface area contributed by atoms with Crippen molar-refractivity contribution >= 4 is 35.1 Å². The summed E-state index contributed by atoms with van der Waals surface area (Å²) in [6.45, 7) is 7.41. The molecule has 7 heteroatoms. The van der Waals surface area contributed by atoms with Crippen molar-refractivity contribution in [1.82, 2.24) is 15.2 Å². The maximum absolute atomic E-state index is 13.3. The minimum absolute atomic E-state index is 0.0414. The van der Waals surface area contributed by atoms with Gasteiger partial charge in [-0.15, -0.1) is 0 Å². The van der Waals surface area contributed by atoms with E-state index in [2.05, 4.69) is 15.6 Å². The first kappa shape index (κ1) is 25.5. The normalized spacial score (nSPS) is 16.8. The van der Waals surface area contributed by atoms with Crippen molar-refractivity contribution in [2.75, 3.05) is 18.4 Å². The van der Waals surface area contributed by atoms with Crippen LogP contribution >= 0.6 is 0 Å². The number of nitrogens with one attached hydrogen (secondary N) is 3. The zero-order valence-electron chi connectivity index (χ0n) is 22.2. The summed E-state index contributed by atoms with van der Waals surface area (Å²) < 4.78 is 0. The van der Waals surface area contributed by atoms with E-state index in [0.29, 0.717) is 28.0 Å². The Morgan fingerprint density at radius 2 is 1.79 bits per heavy atom. The molecule has 1 atom stereocenters. The quantitative estimate of drug-likeness (QED) is 0.375. The lowest BCUT2D eigenvalue weighted by Crippen LogP contribution is -2.36. The van der Waals surface area contributed by atoms with Crippen molar-refractivity contribution in [3.8, 4) is 0 Å². The van der Waals surface area contributed by atoms with Crippen LogP contribution in [0.5, 0.6) is 0 Å². The van der Waals surface area contributed by atoms with Crippen molar-refractivity contribution in [2.45, 2.75) is 52.5 Å². The Labute approximate surface area is 223 Å². The number of amides is 3. The highest BCUT2D eigenvalue weighted by Crippen LogP contribution is 2.35. The Kier molecular flexibility index (Phi) is 7.18. The van der Waals surface area contributed by atoms with Crippen LogP contribution in [-0.4, -0.2) is 40.7 Å². The van der Waals surface area contributed by atoms with Crippen molar-refractivity contribution in [3.63, 3.8) is 0 Å². The van der Waals surface area contributed by atoms with E-state index in [1.807, 2.05) is 56.0 Å². The molecule has 0 radical (unpaired) electrons. The Hall–Kier alpha value is -4.13. The molecular weight excluding hydrogens is 476 g/mol. The van der Waals surface area contributed by atoms with Gasteiger partial charge in [0.1, 0.15) is 0 Å². The summed E-state index contributed by atoms with van der Waals surface area (Å²) in [4.78, 5) is 44.6. The highest BCUT2D eigenvalue weighted by Gasteiger charge is 2.28. The molecule has 1 saturated heterocycles. The molecule has 7 nitrogen and oxygen atoms in total. The van der Waals surface area contributed by atoms with Gasteiger partial charge in [0.15, 0.2) is 0 Å². The summed E-state index contributed by atoms with van der Waals surface area (Å²) in [5, 5.41) is 6.02. The maximum Gasteiger partial charge on any atom is 0.256 e. The number of H-pyrrole nitrogens is 1. The number of nitrogens with zero attached hydrogens (tertiary/aromatic N) is 1. The molecule has 0 bridgehead atoms. The second kappa shape index (κ2) is 10.7. The number of aromatic amines is 1. The van der Waals surface area contributed by atoms with E-state index < -0.39 is 0 Å². The molecule has 0 unspecified atom stereocenters. The van der Waals surface area contributed by atoms with Gasteiger partial charge in [0.2, 0.25) is 0 Å². The first-order valence-corrected chi connectivity index (χ1v) is 13.4. The molecule has 196 valence electrons. The maximum atomic E-state index is 13.3. The summed E-state index contributed by atoms with van der Waals surface area (Å²) in [5.74, 6) is -0.382. The fourth-order valence-electron chi connectivity index (χ4n) is 5.46. The van der Waals surface area contributed by atoms with Gasteiger partial charge in [0.25, 0.3) is 17.7 Å². The molecule has 0 aliphatic carbocycles. The molecular formula is C31H34N4O3.